The maximum absolute atomic E-state index is 11.1. The fourth-order valence-corrected chi connectivity index (χ4v) is 2.55. The summed E-state index contributed by atoms with van der Waals surface area (Å²) in [4.78, 5) is 17.0. The molecule has 0 bridgehead atoms. The molecule has 0 radical (unpaired) electrons. The number of anilines is 2. The van der Waals surface area contributed by atoms with Gasteiger partial charge >= 0.3 is 5.69 Å². The van der Waals surface area contributed by atoms with Crippen molar-refractivity contribution in [2.75, 3.05) is 30.4 Å². The van der Waals surface area contributed by atoms with Crippen LogP contribution in [0.1, 0.15) is 19.8 Å². The molecule has 0 saturated carbocycles. The van der Waals surface area contributed by atoms with Crippen molar-refractivity contribution in [2.45, 2.75) is 25.9 Å². The third-order valence-electron chi connectivity index (χ3n) is 3.83. The Bertz CT molecular complexity index is 485. The first kappa shape index (κ1) is 14.5. The quantitative estimate of drug-likeness (QED) is 0.643. The summed E-state index contributed by atoms with van der Waals surface area (Å²) < 4.78 is 0. The second-order valence-electron chi connectivity index (χ2n) is 5.11. The summed E-state index contributed by atoms with van der Waals surface area (Å²) in [7, 11) is 1.73. The van der Waals surface area contributed by atoms with Crippen LogP contribution in [0.15, 0.2) is 12.1 Å². The molecule has 20 heavy (non-hydrogen) atoms. The molecule has 1 aliphatic rings. The highest BCUT2D eigenvalue weighted by atomic mass is 16.6. The minimum absolute atomic E-state index is 0.0273. The highest BCUT2D eigenvalue weighted by molar-refractivity contribution is 5.61. The molecule has 1 unspecified atom stereocenters. The zero-order valence-corrected chi connectivity index (χ0v) is 11.7. The monoisotopic (exact) mass is 280 g/mol. The summed E-state index contributed by atoms with van der Waals surface area (Å²) in [5, 5.41) is 23.6. The number of piperidine rings is 1. The standard InChI is InChI=1S/C13H20N4O3/c1-9(18)10-5-7-16(8-6-10)13-11(17(19)20)3-4-12(14-2)15-13/h3-4,9-10,18H,5-8H2,1-2H3,(H,14,15). The summed E-state index contributed by atoms with van der Waals surface area (Å²) in [6.07, 6.45) is 1.31. The lowest BCUT2D eigenvalue weighted by Crippen LogP contribution is -2.37. The van der Waals surface area contributed by atoms with Gasteiger partial charge in [-0.3, -0.25) is 10.1 Å². The molecule has 1 aromatic rings. The fraction of sp³-hybridized carbons (Fsp3) is 0.615. The molecule has 2 heterocycles. The Morgan fingerprint density at radius 2 is 2.15 bits per heavy atom. The van der Waals surface area contributed by atoms with Crippen LogP contribution in [0.3, 0.4) is 0 Å². The van der Waals surface area contributed by atoms with Crippen molar-refractivity contribution >= 4 is 17.3 Å². The molecule has 0 aliphatic carbocycles. The Morgan fingerprint density at radius 3 is 2.65 bits per heavy atom. The number of aromatic nitrogens is 1. The van der Waals surface area contributed by atoms with E-state index in [1.807, 2.05) is 4.90 Å². The molecule has 0 spiro atoms. The summed E-state index contributed by atoms with van der Waals surface area (Å²) in [5.74, 6) is 1.28. The van der Waals surface area contributed by atoms with E-state index in [-0.39, 0.29) is 17.7 Å². The topological polar surface area (TPSA) is 91.5 Å². The Morgan fingerprint density at radius 1 is 1.50 bits per heavy atom. The number of pyridine rings is 1. The van der Waals surface area contributed by atoms with E-state index in [1.54, 1.807) is 20.0 Å². The smallest absolute Gasteiger partial charge is 0.311 e. The Labute approximate surface area is 117 Å². The Hall–Kier alpha value is -1.89. The first-order chi connectivity index (χ1) is 9.52. The van der Waals surface area contributed by atoms with Gasteiger partial charge in [0.1, 0.15) is 5.82 Å². The summed E-state index contributed by atoms with van der Waals surface area (Å²) in [6, 6.07) is 3.08. The molecule has 110 valence electrons. The van der Waals surface area contributed by atoms with Crippen LogP contribution < -0.4 is 10.2 Å². The van der Waals surface area contributed by atoms with Gasteiger partial charge in [0.05, 0.1) is 11.0 Å². The molecule has 0 amide bonds. The molecule has 7 nitrogen and oxygen atoms in total. The lowest BCUT2D eigenvalue weighted by atomic mass is 9.92. The third kappa shape index (κ3) is 2.98. The highest BCUT2D eigenvalue weighted by Crippen LogP contribution is 2.31. The van der Waals surface area contributed by atoms with Crippen LogP contribution in [0.25, 0.3) is 0 Å². The third-order valence-corrected chi connectivity index (χ3v) is 3.83. The van der Waals surface area contributed by atoms with Crippen molar-refractivity contribution in [3.05, 3.63) is 22.2 Å². The van der Waals surface area contributed by atoms with Crippen LogP contribution in [-0.2, 0) is 0 Å². The van der Waals surface area contributed by atoms with Crippen LogP contribution in [0.4, 0.5) is 17.3 Å². The summed E-state index contributed by atoms with van der Waals surface area (Å²) in [6.45, 7) is 3.15. The van der Waals surface area contributed by atoms with E-state index in [2.05, 4.69) is 10.3 Å². The van der Waals surface area contributed by atoms with Gasteiger partial charge < -0.3 is 15.3 Å². The van der Waals surface area contributed by atoms with E-state index < -0.39 is 4.92 Å². The van der Waals surface area contributed by atoms with Crippen molar-refractivity contribution in [1.29, 1.82) is 0 Å². The predicted molar refractivity (Wildman–Crippen MR) is 77.1 cm³/mol. The normalized spacial score (nSPS) is 17.9. The highest BCUT2D eigenvalue weighted by Gasteiger charge is 2.28. The zero-order chi connectivity index (χ0) is 14.7. The fourth-order valence-electron chi connectivity index (χ4n) is 2.55. The van der Waals surface area contributed by atoms with Crippen molar-refractivity contribution < 1.29 is 10.0 Å². The maximum atomic E-state index is 11.1. The van der Waals surface area contributed by atoms with E-state index >= 15 is 0 Å². The van der Waals surface area contributed by atoms with Gasteiger partial charge in [-0.15, -0.1) is 0 Å². The minimum Gasteiger partial charge on any atom is -0.393 e. The van der Waals surface area contributed by atoms with E-state index in [1.165, 1.54) is 6.07 Å². The largest absolute Gasteiger partial charge is 0.393 e. The van der Waals surface area contributed by atoms with Gasteiger partial charge in [-0.05, 0) is 31.7 Å². The molecule has 7 heteroatoms. The van der Waals surface area contributed by atoms with Crippen molar-refractivity contribution in [1.82, 2.24) is 4.98 Å². The van der Waals surface area contributed by atoms with Gasteiger partial charge in [0.25, 0.3) is 0 Å². The summed E-state index contributed by atoms with van der Waals surface area (Å²) in [5.41, 5.74) is 0.0273. The van der Waals surface area contributed by atoms with Gasteiger partial charge in [-0.25, -0.2) is 4.98 Å². The van der Waals surface area contributed by atoms with Crippen LogP contribution >= 0.6 is 0 Å². The first-order valence-electron chi connectivity index (χ1n) is 6.79. The van der Waals surface area contributed by atoms with Crippen LogP contribution in [-0.4, -0.2) is 41.3 Å². The number of nitrogens with one attached hydrogen (secondary N) is 1. The van der Waals surface area contributed by atoms with E-state index in [4.69, 9.17) is 0 Å². The molecule has 1 saturated heterocycles. The molecule has 1 aromatic heterocycles. The van der Waals surface area contributed by atoms with Crippen LogP contribution in [0, 0.1) is 16.0 Å². The van der Waals surface area contributed by atoms with E-state index in [0.717, 1.165) is 12.8 Å². The predicted octanol–water partition coefficient (Wildman–Crippen LogP) is 1.63. The van der Waals surface area contributed by atoms with Gasteiger partial charge in [-0.2, -0.15) is 0 Å². The molecule has 1 aliphatic heterocycles. The van der Waals surface area contributed by atoms with Gasteiger partial charge in [0.15, 0.2) is 0 Å². The minimum atomic E-state index is -0.400. The van der Waals surface area contributed by atoms with E-state index in [0.29, 0.717) is 24.7 Å². The lowest BCUT2D eigenvalue weighted by Gasteiger charge is -2.33. The van der Waals surface area contributed by atoms with Gasteiger partial charge in [0.2, 0.25) is 5.82 Å². The molecular formula is C13H20N4O3. The maximum Gasteiger partial charge on any atom is 0.311 e. The number of aliphatic hydroxyl groups excluding tert-OH is 1. The van der Waals surface area contributed by atoms with Crippen LogP contribution in [0.5, 0.6) is 0 Å². The number of hydrogen-bond donors (Lipinski definition) is 2. The molecule has 2 rings (SSSR count). The number of hydrogen-bond acceptors (Lipinski definition) is 6. The number of nitrogens with zero attached hydrogens (tertiary/aromatic N) is 3. The van der Waals surface area contributed by atoms with Crippen molar-refractivity contribution in [2.24, 2.45) is 5.92 Å². The molecule has 0 aromatic carbocycles. The average molecular weight is 280 g/mol. The molecule has 2 N–H and O–H groups in total. The molecule has 1 atom stereocenters. The van der Waals surface area contributed by atoms with Crippen molar-refractivity contribution in [3.63, 3.8) is 0 Å². The second-order valence-corrected chi connectivity index (χ2v) is 5.11. The van der Waals surface area contributed by atoms with Crippen molar-refractivity contribution in [3.8, 4) is 0 Å². The second kappa shape index (κ2) is 6.04. The molecular weight excluding hydrogens is 260 g/mol. The lowest BCUT2D eigenvalue weighted by molar-refractivity contribution is -0.384. The van der Waals surface area contributed by atoms with E-state index in [9.17, 15) is 15.2 Å². The number of nitro groups is 1. The number of aliphatic hydroxyl groups is 1. The number of rotatable bonds is 4. The molecule has 1 fully saturated rings. The van der Waals surface area contributed by atoms with Gasteiger partial charge in [0, 0.05) is 26.2 Å². The Balaban J connectivity index is 2.21. The Kier molecular flexibility index (Phi) is 4.39. The first-order valence-corrected chi connectivity index (χ1v) is 6.79. The average Bonchev–Trinajstić information content (AvgIpc) is 2.46. The van der Waals surface area contributed by atoms with Gasteiger partial charge in [-0.1, -0.05) is 0 Å². The van der Waals surface area contributed by atoms with Crippen LogP contribution in [0.2, 0.25) is 0 Å². The summed E-state index contributed by atoms with van der Waals surface area (Å²) >= 11 is 0. The zero-order valence-electron chi connectivity index (χ0n) is 11.7. The SMILES string of the molecule is CNc1ccc([N+](=O)[O-])c(N2CCC(C(C)O)CC2)n1.